The molecule has 4 rings (SSSR count). The fourth-order valence-corrected chi connectivity index (χ4v) is 4.20. The van der Waals surface area contributed by atoms with Gasteiger partial charge >= 0.3 is 0 Å². The Balaban J connectivity index is 1.29. The predicted molar refractivity (Wildman–Crippen MR) is 129 cm³/mol. The van der Waals surface area contributed by atoms with Crippen LogP contribution in [0.3, 0.4) is 0 Å². The molecule has 156 valence electrons. The van der Waals surface area contributed by atoms with Crippen LogP contribution in [0.2, 0.25) is 0 Å². The maximum absolute atomic E-state index is 12.4. The number of carbonyl (C=O) groups excluding carboxylic acids is 1. The first-order valence-corrected chi connectivity index (χ1v) is 11.2. The molecule has 0 saturated carbocycles. The zero-order valence-corrected chi connectivity index (χ0v) is 18.2. The van der Waals surface area contributed by atoms with Gasteiger partial charge in [0, 0.05) is 29.2 Å². The Labute approximate surface area is 187 Å². The van der Waals surface area contributed by atoms with E-state index in [1.165, 1.54) is 11.1 Å². The van der Waals surface area contributed by atoms with Crippen LogP contribution in [0.25, 0.3) is 0 Å². The minimum absolute atomic E-state index is 0.0603. The zero-order valence-electron chi connectivity index (χ0n) is 17.4. The lowest BCUT2D eigenvalue weighted by Gasteiger charge is -2.16. The highest BCUT2D eigenvalue weighted by Crippen LogP contribution is 2.21. The van der Waals surface area contributed by atoms with Gasteiger partial charge in [0.15, 0.2) is 0 Å². The van der Waals surface area contributed by atoms with E-state index < -0.39 is 0 Å². The Morgan fingerprint density at radius 2 is 1.55 bits per heavy atom. The summed E-state index contributed by atoms with van der Waals surface area (Å²) < 4.78 is 0. The van der Waals surface area contributed by atoms with Gasteiger partial charge in [-0.2, -0.15) is 0 Å². The van der Waals surface area contributed by atoms with Gasteiger partial charge < -0.3 is 10.6 Å². The third-order valence-corrected chi connectivity index (χ3v) is 5.89. The van der Waals surface area contributed by atoms with Crippen molar-refractivity contribution in [2.24, 2.45) is 0 Å². The Bertz CT molecular complexity index is 1110. The summed E-state index contributed by atoms with van der Waals surface area (Å²) in [6, 6.07) is 28.6. The molecule has 0 saturated heterocycles. The molecule has 4 aromatic rings. The lowest BCUT2D eigenvalue weighted by atomic mass is 10.1. The average Bonchev–Trinajstić information content (AvgIpc) is 3.22. The highest BCUT2D eigenvalue weighted by molar-refractivity contribution is 7.09. The van der Waals surface area contributed by atoms with Gasteiger partial charge in [0.2, 0.25) is 5.91 Å². The number of nitrogens with zero attached hydrogens (tertiary/aromatic N) is 1. The second kappa shape index (κ2) is 10.0. The number of aromatic nitrogens is 1. The Morgan fingerprint density at radius 1 is 0.903 bits per heavy atom. The number of anilines is 2. The molecule has 1 heterocycles. The quantitative estimate of drug-likeness (QED) is 0.358. The molecule has 1 amide bonds. The topological polar surface area (TPSA) is 54.0 Å². The summed E-state index contributed by atoms with van der Waals surface area (Å²) in [6.45, 7) is 2.13. The summed E-state index contributed by atoms with van der Waals surface area (Å²) in [7, 11) is 0. The Kier molecular flexibility index (Phi) is 6.75. The Morgan fingerprint density at radius 3 is 2.26 bits per heavy atom. The van der Waals surface area contributed by atoms with Crippen molar-refractivity contribution in [1.29, 1.82) is 0 Å². The van der Waals surface area contributed by atoms with Crippen LogP contribution < -0.4 is 10.6 Å². The lowest BCUT2D eigenvalue weighted by molar-refractivity contribution is -0.115. The SMILES string of the molecule is CC(Nc1ccc(NC(=O)Cc2csc(Cc3ccccc3)n2)cc1)c1ccccc1. The third kappa shape index (κ3) is 6.03. The number of thiazole rings is 1. The van der Waals surface area contributed by atoms with E-state index in [1.807, 2.05) is 66.0 Å². The van der Waals surface area contributed by atoms with Crippen LogP contribution in [0.15, 0.2) is 90.3 Å². The molecule has 5 heteroatoms. The first-order chi connectivity index (χ1) is 15.2. The fraction of sp³-hybridized carbons (Fsp3) is 0.154. The number of amides is 1. The van der Waals surface area contributed by atoms with E-state index in [4.69, 9.17) is 0 Å². The van der Waals surface area contributed by atoms with Crippen LogP contribution in [-0.4, -0.2) is 10.9 Å². The van der Waals surface area contributed by atoms with Gasteiger partial charge in [0.1, 0.15) is 0 Å². The molecule has 0 aliphatic rings. The van der Waals surface area contributed by atoms with Crippen molar-refractivity contribution >= 4 is 28.6 Å². The minimum Gasteiger partial charge on any atom is -0.379 e. The summed E-state index contributed by atoms with van der Waals surface area (Å²) in [5.41, 5.74) is 5.06. The van der Waals surface area contributed by atoms with Crippen molar-refractivity contribution in [3.63, 3.8) is 0 Å². The molecule has 2 N–H and O–H groups in total. The summed E-state index contributed by atoms with van der Waals surface area (Å²) >= 11 is 1.60. The van der Waals surface area contributed by atoms with Gasteiger partial charge in [-0.15, -0.1) is 11.3 Å². The normalized spacial score (nSPS) is 11.6. The molecule has 1 unspecified atom stereocenters. The number of rotatable bonds is 8. The van der Waals surface area contributed by atoms with Crippen molar-refractivity contribution in [3.05, 3.63) is 112 Å². The number of nitrogens with one attached hydrogen (secondary N) is 2. The van der Waals surface area contributed by atoms with Crippen LogP contribution in [0, 0.1) is 0 Å². The minimum atomic E-state index is -0.0603. The van der Waals surface area contributed by atoms with Crippen molar-refractivity contribution in [2.75, 3.05) is 10.6 Å². The van der Waals surface area contributed by atoms with Gasteiger partial charge in [0.25, 0.3) is 0 Å². The van der Waals surface area contributed by atoms with Crippen molar-refractivity contribution < 1.29 is 4.79 Å². The van der Waals surface area contributed by atoms with Crippen molar-refractivity contribution in [1.82, 2.24) is 4.98 Å². The van der Waals surface area contributed by atoms with E-state index in [0.29, 0.717) is 0 Å². The molecule has 0 aliphatic heterocycles. The molecule has 4 nitrogen and oxygen atoms in total. The molecular formula is C26H25N3OS. The second-order valence-corrected chi connectivity index (χ2v) is 8.42. The average molecular weight is 428 g/mol. The monoisotopic (exact) mass is 427 g/mol. The lowest BCUT2D eigenvalue weighted by Crippen LogP contribution is -2.14. The van der Waals surface area contributed by atoms with Gasteiger partial charge in [-0.25, -0.2) is 4.98 Å². The van der Waals surface area contributed by atoms with Crippen LogP contribution in [0.5, 0.6) is 0 Å². The molecule has 1 aromatic heterocycles. The summed E-state index contributed by atoms with van der Waals surface area (Å²) in [4.78, 5) is 17.0. The molecule has 31 heavy (non-hydrogen) atoms. The summed E-state index contributed by atoms with van der Waals surface area (Å²) in [5, 5.41) is 9.43. The number of carbonyl (C=O) groups is 1. The highest BCUT2D eigenvalue weighted by Gasteiger charge is 2.09. The largest absolute Gasteiger partial charge is 0.379 e. The van der Waals surface area contributed by atoms with Crippen LogP contribution in [-0.2, 0) is 17.6 Å². The van der Waals surface area contributed by atoms with E-state index in [1.54, 1.807) is 11.3 Å². The van der Waals surface area contributed by atoms with E-state index >= 15 is 0 Å². The maximum Gasteiger partial charge on any atom is 0.230 e. The highest BCUT2D eigenvalue weighted by atomic mass is 32.1. The number of benzene rings is 3. The molecule has 0 spiro atoms. The van der Waals surface area contributed by atoms with Crippen LogP contribution >= 0.6 is 11.3 Å². The first-order valence-electron chi connectivity index (χ1n) is 10.3. The molecule has 0 fully saturated rings. The smallest absolute Gasteiger partial charge is 0.230 e. The predicted octanol–water partition coefficient (Wildman–Crippen LogP) is 6.09. The van der Waals surface area contributed by atoms with Crippen LogP contribution in [0.1, 0.15) is 34.8 Å². The molecule has 0 aliphatic carbocycles. The van der Waals surface area contributed by atoms with E-state index in [2.05, 4.69) is 46.8 Å². The van der Waals surface area contributed by atoms with E-state index in [-0.39, 0.29) is 18.4 Å². The van der Waals surface area contributed by atoms with Gasteiger partial charge in [0.05, 0.1) is 17.1 Å². The summed E-state index contributed by atoms with van der Waals surface area (Å²) in [6.07, 6.45) is 1.07. The number of hydrogen-bond acceptors (Lipinski definition) is 4. The van der Waals surface area contributed by atoms with Gasteiger partial charge in [-0.3, -0.25) is 4.79 Å². The standard InChI is InChI=1S/C26H25N3OS/c1-19(21-10-6-3-7-11-21)27-22-12-14-23(15-13-22)28-25(30)17-24-18-31-26(29-24)16-20-8-4-2-5-9-20/h2-15,18-19,27H,16-17H2,1H3,(H,28,30). The number of hydrogen-bond donors (Lipinski definition) is 2. The van der Waals surface area contributed by atoms with Crippen molar-refractivity contribution in [2.45, 2.75) is 25.8 Å². The third-order valence-electron chi connectivity index (χ3n) is 4.99. The molecule has 3 aromatic carbocycles. The summed E-state index contributed by atoms with van der Waals surface area (Å²) in [5.74, 6) is -0.0603. The van der Waals surface area contributed by atoms with E-state index in [9.17, 15) is 4.79 Å². The van der Waals surface area contributed by atoms with E-state index in [0.717, 1.165) is 28.5 Å². The maximum atomic E-state index is 12.4. The first kappa shape index (κ1) is 20.8. The fourth-order valence-electron chi connectivity index (χ4n) is 3.38. The van der Waals surface area contributed by atoms with Gasteiger partial charge in [-0.1, -0.05) is 60.7 Å². The van der Waals surface area contributed by atoms with Gasteiger partial charge in [-0.05, 0) is 42.3 Å². The van der Waals surface area contributed by atoms with Crippen LogP contribution in [0.4, 0.5) is 11.4 Å². The molecule has 1 atom stereocenters. The van der Waals surface area contributed by atoms with Crippen molar-refractivity contribution in [3.8, 4) is 0 Å². The zero-order chi connectivity index (χ0) is 21.5. The molecule has 0 bridgehead atoms. The Hall–Kier alpha value is -3.44. The molecular weight excluding hydrogens is 402 g/mol. The molecule has 0 radical (unpaired) electrons. The second-order valence-electron chi connectivity index (χ2n) is 7.47.